The van der Waals surface area contributed by atoms with Gasteiger partial charge in [-0.05, 0) is 37.6 Å². The van der Waals surface area contributed by atoms with Crippen molar-refractivity contribution in [3.63, 3.8) is 0 Å². The normalized spacial score (nSPS) is 11.9. The number of nitrogens with zero attached hydrogens (tertiary/aromatic N) is 1. The summed E-state index contributed by atoms with van der Waals surface area (Å²) in [4.78, 5) is 15.9. The molecule has 0 aromatic heterocycles. The Bertz CT molecular complexity index is 738. The van der Waals surface area contributed by atoms with Crippen LogP contribution in [0.15, 0.2) is 59.6 Å². The van der Waals surface area contributed by atoms with Crippen molar-refractivity contribution in [1.82, 2.24) is 5.32 Å². The van der Waals surface area contributed by atoms with Crippen molar-refractivity contribution in [2.75, 3.05) is 11.9 Å². The van der Waals surface area contributed by atoms with E-state index in [-0.39, 0.29) is 41.9 Å². The number of hydrogen-bond acceptors (Lipinski definition) is 3. The Hall–Kier alpha value is -2.29. The Morgan fingerprint density at radius 2 is 1.85 bits per heavy atom. The summed E-state index contributed by atoms with van der Waals surface area (Å²) >= 11 is 0. The van der Waals surface area contributed by atoms with Crippen molar-refractivity contribution >= 4 is 41.5 Å². The van der Waals surface area contributed by atoms with Crippen LogP contribution < -0.4 is 21.1 Å². The molecule has 0 spiro atoms. The number of nitrogens with one attached hydrogen (secondary N) is 2. The third kappa shape index (κ3) is 8.76. The van der Waals surface area contributed by atoms with Gasteiger partial charge in [0.15, 0.2) is 5.96 Å². The first-order chi connectivity index (χ1) is 12.6. The number of anilines is 1. The van der Waals surface area contributed by atoms with Crippen molar-refractivity contribution in [3.05, 3.63) is 54.6 Å². The number of benzene rings is 2. The van der Waals surface area contributed by atoms with Crippen molar-refractivity contribution in [1.29, 1.82) is 0 Å². The quantitative estimate of drug-likeness (QED) is 0.300. The van der Waals surface area contributed by atoms with Gasteiger partial charge in [0.05, 0.1) is 6.54 Å². The molecule has 27 heavy (non-hydrogen) atoms. The second-order valence-electron chi connectivity index (χ2n) is 5.96. The number of hydrogen-bond donors (Lipinski definition) is 3. The second-order valence-corrected chi connectivity index (χ2v) is 5.96. The first-order valence-corrected chi connectivity index (χ1v) is 8.76. The Labute approximate surface area is 177 Å². The standard InChI is InChI=1S/C20H26N4O2.HI/c1-3-15(2)23-19(25)12-13-22-20(21)24-16-8-7-11-18(14-16)26-17-9-5-4-6-10-17;/h4-11,14-15H,3,12-13H2,1-2H3,(H,23,25)(H3,21,22,24);1H. The molecule has 0 aliphatic carbocycles. The van der Waals surface area contributed by atoms with Crippen LogP contribution in [0.3, 0.4) is 0 Å². The summed E-state index contributed by atoms with van der Waals surface area (Å²) in [6.07, 6.45) is 1.21. The Morgan fingerprint density at radius 1 is 1.15 bits per heavy atom. The zero-order valence-electron chi connectivity index (χ0n) is 15.6. The van der Waals surface area contributed by atoms with E-state index in [4.69, 9.17) is 10.5 Å². The van der Waals surface area contributed by atoms with Gasteiger partial charge in [0, 0.05) is 24.2 Å². The molecule has 2 aromatic rings. The molecular formula is C20H27IN4O2. The molecule has 6 nitrogen and oxygen atoms in total. The van der Waals surface area contributed by atoms with Crippen LogP contribution in [0.25, 0.3) is 0 Å². The Kier molecular flexibility index (Phi) is 10.2. The predicted octanol–water partition coefficient (Wildman–Crippen LogP) is 4.13. The van der Waals surface area contributed by atoms with Crippen LogP contribution in [0.2, 0.25) is 0 Å². The number of rotatable bonds is 8. The molecule has 7 heteroatoms. The predicted molar refractivity (Wildman–Crippen MR) is 121 cm³/mol. The topological polar surface area (TPSA) is 88.7 Å². The van der Waals surface area contributed by atoms with E-state index in [0.29, 0.717) is 18.7 Å². The van der Waals surface area contributed by atoms with Gasteiger partial charge >= 0.3 is 0 Å². The van der Waals surface area contributed by atoms with Crippen LogP contribution in [-0.2, 0) is 4.79 Å². The SMILES string of the molecule is CCC(C)NC(=O)CCN=C(N)Nc1cccc(Oc2ccccc2)c1.I. The lowest BCUT2D eigenvalue weighted by Gasteiger charge is -2.11. The molecule has 2 aromatic carbocycles. The average Bonchev–Trinajstić information content (AvgIpc) is 2.62. The Morgan fingerprint density at radius 3 is 2.56 bits per heavy atom. The molecule has 0 saturated heterocycles. The molecule has 2 rings (SSSR count). The molecule has 1 unspecified atom stereocenters. The highest BCUT2D eigenvalue weighted by molar-refractivity contribution is 14.0. The van der Waals surface area contributed by atoms with Gasteiger partial charge < -0.3 is 21.1 Å². The van der Waals surface area contributed by atoms with E-state index < -0.39 is 0 Å². The molecular weight excluding hydrogens is 455 g/mol. The van der Waals surface area contributed by atoms with Crippen LogP contribution in [0.4, 0.5) is 5.69 Å². The number of amides is 1. The summed E-state index contributed by atoms with van der Waals surface area (Å²) in [6.45, 7) is 4.34. The summed E-state index contributed by atoms with van der Waals surface area (Å²) in [5, 5.41) is 5.91. The van der Waals surface area contributed by atoms with Crippen LogP contribution in [0.1, 0.15) is 26.7 Å². The minimum Gasteiger partial charge on any atom is -0.457 e. The van der Waals surface area contributed by atoms with Crippen molar-refractivity contribution in [2.24, 2.45) is 10.7 Å². The van der Waals surface area contributed by atoms with E-state index in [0.717, 1.165) is 17.9 Å². The smallest absolute Gasteiger partial charge is 0.222 e. The maximum absolute atomic E-state index is 11.7. The van der Waals surface area contributed by atoms with Gasteiger partial charge in [-0.15, -0.1) is 24.0 Å². The van der Waals surface area contributed by atoms with E-state index in [9.17, 15) is 4.79 Å². The van der Waals surface area contributed by atoms with E-state index in [1.165, 1.54) is 0 Å². The fourth-order valence-corrected chi connectivity index (χ4v) is 2.18. The molecule has 4 N–H and O–H groups in total. The monoisotopic (exact) mass is 482 g/mol. The number of nitrogens with two attached hydrogens (primary N) is 1. The number of para-hydroxylation sites is 1. The summed E-state index contributed by atoms with van der Waals surface area (Å²) in [5.41, 5.74) is 6.66. The van der Waals surface area contributed by atoms with Gasteiger partial charge in [0.25, 0.3) is 0 Å². The zero-order chi connectivity index (χ0) is 18.8. The zero-order valence-corrected chi connectivity index (χ0v) is 18.0. The highest BCUT2D eigenvalue weighted by Gasteiger charge is 2.05. The number of aliphatic imine (C=N–C) groups is 1. The number of ether oxygens (including phenoxy) is 1. The first kappa shape index (κ1) is 22.8. The highest BCUT2D eigenvalue weighted by atomic mass is 127. The van der Waals surface area contributed by atoms with Crippen LogP contribution in [-0.4, -0.2) is 24.5 Å². The summed E-state index contributed by atoms with van der Waals surface area (Å²) in [6, 6.07) is 17.2. The number of carbonyl (C=O) groups is 1. The number of halogens is 1. The van der Waals surface area contributed by atoms with Crippen molar-refractivity contribution < 1.29 is 9.53 Å². The number of carbonyl (C=O) groups excluding carboxylic acids is 1. The lowest BCUT2D eigenvalue weighted by molar-refractivity contribution is -0.121. The molecule has 0 heterocycles. The van der Waals surface area contributed by atoms with Crippen molar-refractivity contribution in [2.45, 2.75) is 32.7 Å². The van der Waals surface area contributed by atoms with Gasteiger partial charge in [-0.1, -0.05) is 31.2 Å². The van der Waals surface area contributed by atoms with Gasteiger partial charge in [0.1, 0.15) is 11.5 Å². The van der Waals surface area contributed by atoms with Gasteiger partial charge in [0.2, 0.25) is 5.91 Å². The number of guanidine groups is 1. The summed E-state index contributed by atoms with van der Waals surface area (Å²) in [7, 11) is 0. The third-order valence-corrected chi connectivity index (χ3v) is 3.73. The second kappa shape index (κ2) is 12.2. The maximum Gasteiger partial charge on any atom is 0.222 e. The van der Waals surface area contributed by atoms with E-state index in [2.05, 4.69) is 15.6 Å². The average molecular weight is 482 g/mol. The van der Waals surface area contributed by atoms with E-state index in [1.54, 1.807) is 0 Å². The van der Waals surface area contributed by atoms with E-state index >= 15 is 0 Å². The molecule has 0 saturated carbocycles. The third-order valence-electron chi connectivity index (χ3n) is 3.73. The molecule has 0 aliphatic heterocycles. The molecule has 0 bridgehead atoms. The van der Waals surface area contributed by atoms with Gasteiger partial charge in [-0.2, -0.15) is 0 Å². The molecule has 146 valence electrons. The first-order valence-electron chi connectivity index (χ1n) is 8.76. The van der Waals surface area contributed by atoms with Crippen LogP contribution >= 0.6 is 24.0 Å². The van der Waals surface area contributed by atoms with Gasteiger partial charge in [-0.3, -0.25) is 9.79 Å². The Balaban J connectivity index is 0.00000364. The largest absolute Gasteiger partial charge is 0.457 e. The minimum absolute atomic E-state index is 0. The molecule has 1 atom stereocenters. The lowest BCUT2D eigenvalue weighted by Crippen LogP contribution is -2.32. The van der Waals surface area contributed by atoms with E-state index in [1.807, 2.05) is 68.4 Å². The summed E-state index contributed by atoms with van der Waals surface area (Å²) < 4.78 is 5.79. The fourth-order valence-electron chi connectivity index (χ4n) is 2.18. The van der Waals surface area contributed by atoms with Gasteiger partial charge in [-0.25, -0.2) is 0 Å². The maximum atomic E-state index is 11.7. The highest BCUT2D eigenvalue weighted by Crippen LogP contribution is 2.23. The molecule has 0 aliphatic rings. The molecule has 0 radical (unpaired) electrons. The molecule has 0 fully saturated rings. The summed E-state index contributed by atoms with van der Waals surface area (Å²) in [5.74, 6) is 1.70. The van der Waals surface area contributed by atoms with Crippen LogP contribution in [0.5, 0.6) is 11.5 Å². The fraction of sp³-hybridized carbons (Fsp3) is 0.300. The lowest BCUT2D eigenvalue weighted by atomic mass is 10.2. The molecule has 1 amide bonds. The van der Waals surface area contributed by atoms with Crippen molar-refractivity contribution in [3.8, 4) is 11.5 Å². The van der Waals surface area contributed by atoms with Crippen LogP contribution in [0, 0.1) is 0 Å². The minimum atomic E-state index is -0.0193.